The number of rotatable bonds is 2. The number of fused-ring (bicyclic) bond motifs is 1. The molecule has 0 fully saturated rings. The smallest absolute Gasteiger partial charge is 0.338 e. The third-order valence-corrected chi connectivity index (χ3v) is 5.60. The SMILES string of the molecule is COC(=O)c1ccc(Cl)c2c1C(O)C(C)(C)C(c1cccc(Br)c1)N2. The van der Waals surface area contributed by atoms with E-state index in [4.69, 9.17) is 16.3 Å². The number of aliphatic hydroxyl groups is 1. The Kier molecular flexibility index (Phi) is 4.84. The molecular weight excluding hydrogens is 406 g/mol. The number of hydrogen-bond acceptors (Lipinski definition) is 4. The molecule has 0 radical (unpaired) electrons. The molecule has 1 aliphatic rings. The van der Waals surface area contributed by atoms with Crippen molar-refractivity contribution < 1.29 is 14.6 Å². The molecule has 2 unspecified atom stereocenters. The maximum absolute atomic E-state index is 12.1. The average molecular weight is 425 g/mol. The van der Waals surface area contributed by atoms with E-state index >= 15 is 0 Å². The van der Waals surface area contributed by atoms with Gasteiger partial charge in [0.15, 0.2) is 0 Å². The lowest BCUT2D eigenvalue weighted by molar-refractivity contribution is 0.0266. The van der Waals surface area contributed by atoms with Crippen molar-refractivity contribution in [1.29, 1.82) is 0 Å². The Morgan fingerprint density at radius 1 is 1.32 bits per heavy atom. The van der Waals surface area contributed by atoms with Gasteiger partial charge in [-0.05, 0) is 29.8 Å². The lowest BCUT2D eigenvalue weighted by atomic mass is 9.70. The molecule has 3 rings (SSSR count). The molecule has 0 bridgehead atoms. The van der Waals surface area contributed by atoms with Gasteiger partial charge in [-0.3, -0.25) is 0 Å². The predicted molar refractivity (Wildman–Crippen MR) is 102 cm³/mol. The van der Waals surface area contributed by atoms with E-state index in [9.17, 15) is 9.90 Å². The molecule has 2 aromatic rings. The van der Waals surface area contributed by atoms with Gasteiger partial charge < -0.3 is 15.2 Å². The Labute approximate surface area is 160 Å². The summed E-state index contributed by atoms with van der Waals surface area (Å²) >= 11 is 9.86. The van der Waals surface area contributed by atoms with E-state index in [-0.39, 0.29) is 6.04 Å². The van der Waals surface area contributed by atoms with Crippen molar-refractivity contribution >= 4 is 39.2 Å². The largest absolute Gasteiger partial charge is 0.465 e. The first kappa shape index (κ1) is 18.2. The molecule has 2 atom stereocenters. The summed E-state index contributed by atoms with van der Waals surface area (Å²) in [6.07, 6.45) is -0.888. The van der Waals surface area contributed by atoms with Crippen LogP contribution in [0.5, 0.6) is 0 Å². The zero-order chi connectivity index (χ0) is 18.4. The van der Waals surface area contributed by atoms with Gasteiger partial charge in [-0.1, -0.05) is 53.5 Å². The standard InChI is InChI=1S/C19H19BrClNO3/c1-19(2)16(10-5-4-6-11(20)9-10)22-15-13(21)8-7-12(18(24)25-3)14(15)17(19)23/h4-9,16-17,22-23H,1-3H3. The van der Waals surface area contributed by atoms with E-state index in [1.54, 1.807) is 12.1 Å². The number of carbonyl (C=O) groups excluding carboxylic acids is 1. The molecule has 1 aliphatic heterocycles. The van der Waals surface area contributed by atoms with Gasteiger partial charge in [0, 0.05) is 15.5 Å². The van der Waals surface area contributed by atoms with Crippen molar-refractivity contribution in [2.45, 2.75) is 26.0 Å². The van der Waals surface area contributed by atoms with Crippen LogP contribution in [-0.4, -0.2) is 18.2 Å². The van der Waals surface area contributed by atoms with Gasteiger partial charge in [-0.15, -0.1) is 0 Å². The summed E-state index contributed by atoms with van der Waals surface area (Å²) in [6, 6.07) is 11.0. The highest BCUT2D eigenvalue weighted by Gasteiger charge is 2.45. The Hall–Kier alpha value is -1.56. The van der Waals surface area contributed by atoms with Crippen LogP contribution in [0.4, 0.5) is 5.69 Å². The number of carbonyl (C=O) groups is 1. The Bertz CT molecular complexity index is 837. The minimum Gasteiger partial charge on any atom is -0.465 e. The van der Waals surface area contributed by atoms with Gasteiger partial charge >= 0.3 is 5.97 Å². The number of benzene rings is 2. The zero-order valence-corrected chi connectivity index (χ0v) is 16.5. The number of ether oxygens (including phenoxy) is 1. The van der Waals surface area contributed by atoms with Crippen molar-refractivity contribution in [3.63, 3.8) is 0 Å². The van der Waals surface area contributed by atoms with Crippen LogP contribution in [0, 0.1) is 5.41 Å². The highest BCUT2D eigenvalue weighted by molar-refractivity contribution is 9.10. The molecule has 0 spiro atoms. The number of nitrogens with one attached hydrogen (secondary N) is 1. The molecule has 0 saturated heterocycles. The highest BCUT2D eigenvalue weighted by Crippen LogP contribution is 2.54. The molecule has 1 heterocycles. The molecule has 0 aromatic heterocycles. The first-order chi connectivity index (χ1) is 11.8. The van der Waals surface area contributed by atoms with E-state index in [0.717, 1.165) is 10.0 Å². The second kappa shape index (κ2) is 6.63. The van der Waals surface area contributed by atoms with Gasteiger partial charge in [0.05, 0.1) is 35.5 Å². The van der Waals surface area contributed by atoms with E-state index in [0.29, 0.717) is 21.8 Å². The summed E-state index contributed by atoms with van der Waals surface area (Å²) in [5.41, 5.74) is 1.81. The number of esters is 1. The van der Waals surface area contributed by atoms with Crippen LogP contribution in [0.3, 0.4) is 0 Å². The summed E-state index contributed by atoms with van der Waals surface area (Å²) in [5, 5.41) is 15.0. The Morgan fingerprint density at radius 3 is 2.68 bits per heavy atom. The summed E-state index contributed by atoms with van der Waals surface area (Å²) in [4.78, 5) is 12.1. The minimum absolute atomic E-state index is 0.183. The topological polar surface area (TPSA) is 58.6 Å². The number of halogens is 2. The molecular formula is C19H19BrClNO3. The second-order valence-electron chi connectivity index (χ2n) is 6.73. The quantitative estimate of drug-likeness (QED) is 0.657. The van der Waals surface area contributed by atoms with Crippen LogP contribution in [0.15, 0.2) is 40.9 Å². The fourth-order valence-corrected chi connectivity index (χ4v) is 4.01. The van der Waals surface area contributed by atoms with Gasteiger partial charge in [-0.2, -0.15) is 0 Å². The maximum Gasteiger partial charge on any atom is 0.338 e. The van der Waals surface area contributed by atoms with Crippen molar-refractivity contribution in [2.75, 3.05) is 12.4 Å². The molecule has 2 aromatic carbocycles. The van der Waals surface area contributed by atoms with Crippen LogP contribution in [0.2, 0.25) is 5.02 Å². The lowest BCUT2D eigenvalue weighted by Gasteiger charge is -2.45. The van der Waals surface area contributed by atoms with Crippen molar-refractivity contribution in [3.8, 4) is 0 Å². The summed E-state index contributed by atoms with van der Waals surface area (Å²) in [7, 11) is 1.32. The summed E-state index contributed by atoms with van der Waals surface area (Å²) < 4.78 is 5.81. The van der Waals surface area contributed by atoms with E-state index in [2.05, 4.69) is 21.2 Å². The molecule has 25 heavy (non-hydrogen) atoms. The Morgan fingerprint density at radius 2 is 2.04 bits per heavy atom. The third kappa shape index (κ3) is 3.05. The normalized spacial score (nSPS) is 21.2. The molecule has 4 nitrogen and oxygen atoms in total. The fraction of sp³-hybridized carbons (Fsp3) is 0.316. The molecule has 2 N–H and O–H groups in total. The van der Waals surface area contributed by atoms with Crippen LogP contribution >= 0.6 is 27.5 Å². The monoisotopic (exact) mass is 423 g/mol. The van der Waals surface area contributed by atoms with Crippen molar-refractivity contribution in [3.05, 3.63) is 62.6 Å². The van der Waals surface area contributed by atoms with Crippen LogP contribution in [0.1, 0.15) is 47.5 Å². The van der Waals surface area contributed by atoms with Crippen LogP contribution in [-0.2, 0) is 4.74 Å². The second-order valence-corrected chi connectivity index (χ2v) is 8.05. The van der Waals surface area contributed by atoms with Crippen LogP contribution < -0.4 is 5.32 Å². The maximum atomic E-state index is 12.1. The molecule has 132 valence electrons. The lowest BCUT2D eigenvalue weighted by Crippen LogP contribution is -2.39. The van der Waals surface area contributed by atoms with E-state index < -0.39 is 17.5 Å². The Balaban J connectivity index is 2.19. The van der Waals surface area contributed by atoms with E-state index in [1.165, 1.54) is 7.11 Å². The summed E-state index contributed by atoms with van der Waals surface area (Å²) in [5.74, 6) is -0.495. The zero-order valence-electron chi connectivity index (χ0n) is 14.1. The van der Waals surface area contributed by atoms with E-state index in [1.807, 2.05) is 38.1 Å². The summed E-state index contributed by atoms with van der Waals surface area (Å²) in [6.45, 7) is 3.92. The number of methoxy groups -OCH3 is 1. The third-order valence-electron chi connectivity index (χ3n) is 4.79. The highest BCUT2D eigenvalue weighted by atomic mass is 79.9. The molecule has 6 heteroatoms. The van der Waals surface area contributed by atoms with Crippen molar-refractivity contribution in [1.82, 2.24) is 0 Å². The van der Waals surface area contributed by atoms with Gasteiger partial charge in [-0.25, -0.2) is 4.79 Å². The van der Waals surface area contributed by atoms with Gasteiger partial charge in [0.25, 0.3) is 0 Å². The molecule has 0 saturated carbocycles. The number of aliphatic hydroxyl groups excluding tert-OH is 1. The van der Waals surface area contributed by atoms with Crippen LogP contribution in [0.25, 0.3) is 0 Å². The first-order valence-electron chi connectivity index (χ1n) is 7.88. The first-order valence-corrected chi connectivity index (χ1v) is 9.05. The molecule has 0 amide bonds. The fourth-order valence-electron chi connectivity index (χ4n) is 3.37. The average Bonchev–Trinajstić information content (AvgIpc) is 2.57. The predicted octanol–water partition coefficient (Wildman–Crippen LogP) is 5.12. The van der Waals surface area contributed by atoms with Gasteiger partial charge in [0.2, 0.25) is 0 Å². The van der Waals surface area contributed by atoms with Crippen molar-refractivity contribution in [2.24, 2.45) is 5.41 Å². The van der Waals surface area contributed by atoms with Gasteiger partial charge in [0.1, 0.15) is 0 Å². The number of hydrogen-bond donors (Lipinski definition) is 2. The minimum atomic E-state index is -0.888. The molecule has 0 aliphatic carbocycles. The number of anilines is 1.